The van der Waals surface area contributed by atoms with Gasteiger partial charge >= 0.3 is 0 Å². The first-order valence-corrected chi connectivity index (χ1v) is 10.3. The zero-order chi connectivity index (χ0) is 18.0. The molecule has 2 fully saturated rings. The average molecular weight is 366 g/mol. The van der Waals surface area contributed by atoms with E-state index in [1.807, 2.05) is 24.3 Å². The fourth-order valence-corrected chi connectivity index (χ4v) is 6.12. The normalized spacial score (nSPS) is 26.1. The number of hydrogen-bond donors (Lipinski definition) is 0. The van der Waals surface area contributed by atoms with Crippen LogP contribution >= 0.6 is 0 Å². The van der Waals surface area contributed by atoms with Crippen LogP contribution in [0.15, 0.2) is 24.3 Å². The number of benzene rings is 1. The smallest absolute Gasteiger partial charge is 0.219 e. The van der Waals surface area contributed by atoms with Crippen LogP contribution < -0.4 is 4.74 Å². The van der Waals surface area contributed by atoms with Crippen molar-refractivity contribution in [1.29, 1.82) is 0 Å². The minimum atomic E-state index is -3.27. The van der Waals surface area contributed by atoms with Gasteiger partial charge in [0.2, 0.25) is 15.9 Å². The molecule has 3 rings (SSSR count). The van der Waals surface area contributed by atoms with Gasteiger partial charge in [-0.3, -0.25) is 4.79 Å². The van der Waals surface area contributed by atoms with Gasteiger partial charge in [-0.15, -0.1) is 0 Å². The quantitative estimate of drug-likeness (QED) is 0.810. The zero-order valence-electron chi connectivity index (χ0n) is 14.8. The number of sulfonamides is 1. The van der Waals surface area contributed by atoms with E-state index in [0.717, 1.165) is 17.7 Å². The molecule has 1 amide bonds. The number of carbonyl (C=O) groups excluding carboxylic acids is 1. The standard InChI is InChI=1S/C18H26N2O4S/c1-14(21)19-10-8-16-13-20(25(22,23)18(16)9-11-19)12-7-15-3-5-17(24-2)6-4-15/h3-6,16,18H,7-13H2,1-2H3/t16-,18-/m1/s1. The van der Waals surface area contributed by atoms with Gasteiger partial charge in [0.05, 0.1) is 12.4 Å². The predicted octanol–water partition coefficient (Wildman–Crippen LogP) is 1.51. The summed E-state index contributed by atoms with van der Waals surface area (Å²) < 4.78 is 32.6. The molecule has 0 aromatic heterocycles. The highest BCUT2D eigenvalue weighted by molar-refractivity contribution is 7.90. The monoisotopic (exact) mass is 366 g/mol. The number of methoxy groups -OCH3 is 1. The first kappa shape index (κ1) is 18.2. The van der Waals surface area contributed by atoms with Gasteiger partial charge in [0.15, 0.2) is 0 Å². The molecule has 7 heteroatoms. The lowest BCUT2D eigenvalue weighted by Gasteiger charge is -2.20. The summed E-state index contributed by atoms with van der Waals surface area (Å²) in [4.78, 5) is 13.3. The SMILES string of the molecule is COc1ccc(CCN2C[C@H]3CCN(C(C)=O)CC[C@H]3S2(=O)=O)cc1. The second kappa shape index (κ2) is 7.33. The predicted molar refractivity (Wildman–Crippen MR) is 96.0 cm³/mol. The van der Waals surface area contributed by atoms with Crippen molar-refractivity contribution in [3.05, 3.63) is 29.8 Å². The van der Waals surface area contributed by atoms with Crippen LogP contribution in [0.5, 0.6) is 5.75 Å². The number of fused-ring (bicyclic) bond motifs is 1. The van der Waals surface area contributed by atoms with Gasteiger partial charge in [-0.25, -0.2) is 12.7 Å². The Morgan fingerprint density at radius 2 is 1.88 bits per heavy atom. The van der Waals surface area contributed by atoms with Gasteiger partial charge in [-0.2, -0.15) is 0 Å². The summed E-state index contributed by atoms with van der Waals surface area (Å²) in [6.07, 6.45) is 2.01. The van der Waals surface area contributed by atoms with Crippen molar-refractivity contribution in [2.24, 2.45) is 5.92 Å². The molecule has 0 N–H and O–H groups in total. The first-order valence-electron chi connectivity index (χ1n) is 8.79. The second-order valence-corrected chi connectivity index (χ2v) is 9.03. The van der Waals surface area contributed by atoms with Gasteiger partial charge in [0.1, 0.15) is 5.75 Å². The molecule has 0 radical (unpaired) electrons. The van der Waals surface area contributed by atoms with Crippen molar-refractivity contribution >= 4 is 15.9 Å². The Balaban J connectivity index is 1.63. The van der Waals surface area contributed by atoms with Crippen LogP contribution in [0.25, 0.3) is 0 Å². The molecule has 0 saturated carbocycles. The molecule has 1 aromatic carbocycles. The van der Waals surface area contributed by atoms with E-state index >= 15 is 0 Å². The third-order valence-electron chi connectivity index (χ3n) is 5.41. The van der Waals surface area contributed by atoms with E-state index in [1.165, 1.54) is 0 Å². The fraction of sp³-hybridized carbons (Fsp3) is 0.611. The van der Waals surface area contributed by atoms with E-state index in [1.54, 1.807) is 23.2 Å². The Kier molecular flexibility index (Phi) is 5.34. The molecular weight excluding hydrogens is 340 g/mol. The van der Waals surface area contributed by atoms with Crippen LogP contribution in [0.3, 0.4) is 0 Å². The van der Waals surface area contributed by atoms with E-state index < -0.39 is 10.0 Å². The van der Waals surface area contributed by atoms with Crippen LogP contribution in [0, 0.1) is 5.92 Å². The van der Waals surface area contributed by atoms with Gasteiger partial charge < -0.3 is 9.64 Å². The molecule has 2 aliphatic rings. The molecule has 6 nitrogen and oxygen atoms in total. The van der Waals surface area contributed by atoms with Gasteiger partial charge in [0.25, 0.3) is 0 Å². The van der Waals surface area contributed by atoms with Crippen molar-refractivity contribution < 1.29 is 17.9 Å². The third kappa shape index (κ3) is 3.82. The maximum atomic E-state index is 12.9. The Morgan fingerprint density at radius 1 is 1.20 bits per heavy atom. The van der Waals surface area contributed by atoms with E-state index in [0.29, 0.717) is 39.0 Å². The Bertz CT molecular complexity index is 717. The summed E-state index contributed by atoms with van der Waals surface area (Å²) in [5.41, 5.74) is 1.10. The number of ether oxygens (including phenoxy) is 1. The number of amides is 1. The minimum Gasteiger partial charge on any atom is -0.497 e. The maximum Gasteiger partial charge on any atom is 0.219 e. The molecule has 1 aromatic rings. The Hall–Kier alpha value is -1.60. The van der Waals surface area contributed by atoms with Gasteiger partial charge in [0, 0.05) is 33.1 Å². The van der Waals surface area contributed by atoms with Crippen molar-refractivity contribution in [3.8, 4) is 5.75 Å². The Morgan fingerprint density at radius 3 is 2.52 bits per heavy atom. The van der Waals surface area contributed by atoms with E-state index in [-0.39, 0.29) is 17.1 Å². The molecule has 0 unspecified atom stereocenters. The number of nitrogens with zero attached hydrogens (tertiary/aromatic N) is 2. The molecule has 2 atom stereocenters. The maximum absolute atomic E-state index is 12.9. The highest BCUT2D eigenvalue weighted by Crippen LogP contribution is 2.34. The third-order valence-corrected chi connectivity index (χ3v) is 7.85. The summed E-state index contributed by atoms with van der Waals surface area (Å²) in [5, 5.41) is -0.340. The second-order valence-electron chi connectivity index (χ2n) is 6.88. The summed E-state index contributed by atoms with van der Waals surface area (Å²) in [7, 11) is -1.64. The molecule has 2 heterocycles. The van der Waals surface area contributed by atoms with E-state index in [4.69, 9.17) is 4.74 Å². The first-order chi connectivity index (χ1) is 11.9. The number of hydrogen-bond acceptors (Lipinski definition) is 4. The molecule has 138 valence electrons. The number of carbonyl (C=O) groups is 1. The van der Waals surface area contributed by atoms with Crippen LogP contribution in [0.4, 0.5) is 0 Å². The van der Waals surface area contributed by atoms with E-state index in [2.05, 4.69) is 0 Å². The molecule has 0 bridgehead atoms. The molecular formula is C18H26N2O4S. The molecule has 0 aliphatic carbocycles. The van der Waals surface area contributed by atoms with Crippen molar-refractivity contribution in [2.45, 2.75) is 31.4 Å². The van der Waals surface area contributed by atoms with Crippen LogP contribution in [0.1, 0.15) is 25.3 Å². The minimum absolute atomic E-state index is 0.0359. The lowest BCUT2D eigenvalue weighted by atomic mass is 10.0. The summed E-state index contributed by atoms with van der Waals surface area (Å²) in [5.74, 6) is 0.966. The van der Waals surface area contributed by atoms with Gasteiger partial charge in [-0.05, 0) is 42.9 Å². The highest BCUT2D eigenvalue weighted by Gasteiger charge is 2.46. The fourth-order valence-electron chi connectivity index (χ4n) is 3.88. The van der Waals surface area contributed by atoms with E-state index in [9.17, 15) is 13.2 Å². The van der Waals surface area contributed by atoms with Crippen molar-refractivity contribution in [2.75, 3.05) is 33.3 Å². The Labute approximate surface area is 149 Å². The van der Waals surface area contributed by atoms with Gasteiger partial charge in [-0.1, -0.05) is 12.1 Å². The van der Waals surface area contributed by atoms with Crippen LogP contribution in [-0.4, -0.2) is 62.1 Å². The largest absolute Gasteiger partial charge is 0.497 e. The van der Waals surface area contributed by atoms with Crippen molar-refractivity contribution in [3.63, 3.8) is 0 Å². The summed E-state index contributed by atoms with van der Waals surface area (Å²) in [6.45, 7) is 3.85. The lowest BCUT2D eigenvalue weighted by molar-refractivity contribution is -0.128. The number of rotatable bonds is 4. The summed E-state index contributed by atoms with van der Waals surface area (Å²) in [6, 6.07) is 7.75. The van der Waals surface area contributed by atoms with Crippen LogP contribution in [-0.2, 0) is 21.2 Å². The topological polar surface area (TPSA) is 66.9 Å². The van der Waals surface area contributed by atoms with Crippen molar-refractivity contribution in [1.82, 2.24) is 9.21 Å². The number of likely N-dealkylation sites (tertiary alicyclic amines) is 1. The highest BCUT2D eigenvalue weighted by atomic mass is 32.2. The molecule has 0 spiro atoms. The lowest BCUT2D eigenvalue weighted by Crippen LogP contribution is -2.34. The average Bonchev–Trinajstić information content (AvgIpc) is 2.75. The summed E-state index contributed by atoms with van der Waals surface area (Å²) >= 11 is 0. The molecule has 2 aliphatic heterocycles. The zero-order valence-corrected chi connectivity index (χ0v) is 15.7. The molecule has 25 heavy (non-hydrogen) atoms. The van der Waals surface area contributed by atoms with Crippen LogP contribution in [0.2, 0.25) is 0 Å². The molecule has 2 saturated heterocycles.